The summed E-state index contributed by atoms with van der Waals surface area (Å²) < 4.78 is 15.5. The maximum atomic E-state index is 11.2. The Morgan fingerprint density at radius 2 is 1.67 bits per heavy atom. The van der Waals surface area contributed by atoms with Gasteiger partial charge in [0.05, 0.1) is 6.61 Å². The third-order valence-electron chi connectivity index (χ3n) is 4.44. The second-order valence-corrected chi connectivity index (χ2v) is 6.42. The van der Waals surface area contributed by atoms with Crippen LogP contribution in [0.25, 0.3) is 0 Å². The largest absolute Gasteiger partial charge is 0.394 e. The molecule has 0 saturated carbocycles. The van der Waals surface area contributed by atoms with Crippen LogP contribution in [0, 0.1) is 0 Å². The average Bonchev–Trinajstić information content (AvgIpc) is 2.60. The van der Waals surface area contributed by atoms with Crippen molar-refractivity contribution in [1.82, 2.24) is 5.32 Å². The van der Waals surface area contributed by atoms with E-state index in [-0.39, 0.29) is 0 Å². The molecule has 10 atom stereocenters. The number of ether oxygens (including phenoxy) is 3. The molecule has 2 aliphatic heterocycles. The molecule has 0 aromatic rings. The van der Waals surface area contributed by atoms with Crippen molar-refractivity contribution in [3.8, 4) is 0 Å². The van der Waals surface area contributed by atoms with Crippen LogP contribution in [-0.4, -0.2) is 121 Å². The highest BCUT2D eigenvalue weighted by molar-refractivity contribution is 5.73. The molecule has 0 aliphatic carbocycles. The number of hydrogen-bond acceptors (Lipinski definition) is 12. The Balaban J connectivity index is 2.22. The SMILES string of the molecule is CC(=O)N[C@@H]1[C@@H](O)[C@H](O[C@@H]2O[C@H](CO)[C@H](O)[C@H](O)[C@H]2O)[C@@H](C(O)O)O[C@H]1O. The number of rotatable bonds is 5. The molecular formula is C14H25NO12. The van der Waals surface area contributed by atoms with E-state index in [1.807, 2.05) is 0 Å². The van der Waals surface area contributed by atoms with Gasteiger partial charge in [0.1, 0.15) is 48.8 Å². The summed E-state index contributed by atoms with van der Waals surface area (Å²) in [6.45, 7) is 0.383. The van der Waals surface area contributed by atoms with E-state index < -0.39 is 80.2 Å². The van der Waals surface area contributed by atoms with Crippen molar-refractivity contribution in [1.29, 1.82) is 0 Å². The molecule has 1 amide bonds. The monoisotopic (exact) mass is 399 g/mol. The molecule has 0 unspecified atom stereocenters. The predicted octanol–water partition coefficient (Wildman–Crippen LogP) is -5.93. The van der Waals surface area contributed by atoms with E-state index >= 15 is 0 Å². The van der Waals surface area contributed by atoms with Crippen LogP contribution in [0.5, 0.6) is 0 Å². The number of carbonyl (C=O) groups is 1. The van der Waals surface area contributed by atoms with Gasteiger partial charge in [0.2, 0.25) is 5.91 Å². The zero-order chi connectivity index (χ0) is 20.5. The van der Waals surface area contributed by atoms with E-state index in [1.54, 1.807) is 0 Å². The highest BCUT2D eigenvalue weighted by Gasteiger charge is 2.52. The number of nitrogens with one attached hydrogen (secondary N) is 1. The van der Waals surface area contributed by atoms with E-state index in [1.165, 1.54) is 0 Å². The summed E-state index contributed by atoms with van der Waals surface area (Å²) in [5.74, 6) is -0.628. The van der Waals surface area contributed by atoms with Crippen molar-refractivity contribution in [3.05, 3.63) is 0 Å². The quantitative estimate of drug-likeness (QED) is 0.197. The third kappa shape index (κ3) is 4.72. The molecule has 0 radical (unpaired) electrons. The summed E-state index contributed by atoms with van der Waals surface area (Å²) in [5, 5.41) is 80.2. The van der Waals surface area contributed by atoms with Crippen molar-refractivity contribution < 1.29 is 59.9 Å². The Morgan fingerprint density at radius 1 is 1.04 bits per heavy atom. The molecule has 9 N–H and O–H groups in total. The summed E-state index contributed by atoms with van der Waals surface area (Å²) in [6, 6.07) is -1.41. The summed E-state index contributed by atoms with van der Waals surface area (Å²) in [6.07, 6.45) is -17.4. The van der Waals surface area contributed by atoms with Crippen LogP contribution in [0.15, 0.2) is 0 Å². The Kier molecular flexibility index (Phi) is 7.46. The van der Waals surface area contributed by atoms with E-state index in [0.717, 1.165) is 6.92 Å². The Bertz CT molecular complexity index is 504. The Morgan fingerprint density at radius 3 is 2.19 bits per heavy atom. The molecule has 158 valence electrons. The molecule has 2 heterocycles. The molecule has 2 saturated heterocycles. The minimum Gasteiger partial charge on any atom is -0.394 e. The van der Waals surface area contributed by atoms with Crippen LogP contribution in [-0.2, 0) is 19.0 Å². The lowest BCUT2D eigenvalue weighted by Crippen LogP contribution is -2.68. The number of amides is 1. The second kappa shape index (κ2) is 9.02. The standard InChI is InChI=1S/C14H25NO12/c1-3(17)15-5-7(19)10(11(12(22)23)26-13(5)24)27-14-9(21)8(20)6(18)4(2-16)25-14/h4-14,16,18-24H,2H2,1H3,(H,15,17)/t4-,5-,6+,7-,8+,9-,10+,11+,13-,14+/m1/s1. The van der Waals surface area contributed by atoms with Gasteiger partial charge in [0, 0.05) is 6.92 Å². The smallest absolute Gasteiger partial charge is 0.217 e. The lowest BCUT2D eigenvalue weighted by atomic mass is 9.95. The van der Waals surface area contributed by atoms with Gasteiger partial charge in [0.15, 0.2) is 18.9 Å². The molecule has 0 bridgehead atoms. The van der Waals surface area contributed by atoms with Crippen LogP contribution < -0.4 is 5.32 Å². The van der Waals surface area contributed by atoms with Crippen molar-refractivity contribution in [2.45, 2.75) is 74.6 Å². The lowest BCUT2D eigenvalue weighted by molar-refractivity contribution is -0.358. The van der Waals surface area contributed by atoms with E-state index in [4.69, 9.17) is 14.2 Å². The first-order valence-corrected chi connectivity index (χ1v) is 8.19. The van der Waals surface area contributed by atoms with Gasteiger partial charge in [-0.2, -0.15) is 0 Å². The zero-order valence-corrected chi connectivity index (χ0v) is 14.3. The molecular weight excluding hydrogens is 374 g/mol. The Labute approximate surface area is 153 Å². The fourth-order valence-corrected chi connectivity index (χ4v) is 3.01. The second-order valence-electron chi connectivity index (χ2n) is 6.42. The molecule has 2 aliphatic rings. The van der Waals surface area contributed by atoms with Crippen molar-refractivity contribution >= 4 is 5.91 Å². The fraction of sp³-hybridized carbons (Fsp3) is 0.929. The molecule has 0 spiro atoms. The summed E-state index contributed by atoms with van der Waals surface area (Å²) in [7, 11) is 0. The van der Waals surface area contributed by atoms with Crippen molar-refractivity contribution in [3.63, 3.8) is 0 Å². The molecule has 0 aromatic heterocycles. The average molecular weight is 399 g/mol. The maximum Gasteiger partial charge on any atom is 0.217 e. The maximum absolute atomic E-state index is 11.2. The molecule has 27 heavy (non-hydrogen) atoms. The van der Waals surface area contributed by atoms with Gasteiger partial charge in [-0.1, -0.05) is 0 Å². The van der Waals surface area contributed by atoms with Gasteiger partial charge in [-0.3, -0.25) is 4.79 Å². The van der Waals surface area contributed by atoms with Crippen LogP contribution in [0.3, 0.4) is 0 Å². The first-order valence-electron chi connectivity index (χ1n) is 8.19. The normalized spacial score (nSPS) is 45.7. The Hall–Kier alpha value is -0.970. The summed E-state index contributed by atoms with van der Waals surface area (Å²) >= 11 is 0. The number of carbonyl (C=O) groups excluding carboxylic acids is 1. The molecule has 2 rings (SSSR count). The highest BCUT2D eigenvalue weighted by atomic mass is 16.7. The number of hydrogen-bond donors (Lipinski definition) is 9. The lowest BCUT2D eigenvalue weighted by Gasteiger charge is -2.46. The van der Waals surface area contributed by atoms with E-state index in [2.05, 4.69) is 5.32 Å². The van der Waals surface area contributed by atoms with Crippen LogP contribution in [0.1, 0.15) is 6.92 Å². The minimum absolute atomic E-state index is 0.628. The number of aliphatic hydroxyl groups is 8. The predicted molar refractivity (Wildman–Crippen MR) is 81.4 cm³/mol. The van der Waals surface area contributed by atoms with Gasteiger partial charge >= 0.3 is 0 Å². The van der Waals surface area contributed by atoms with Gasteiger partial charge in [-0.05, 0) is 0 Å². The first-order chi connectivity index (χ1) is 12.6. The third-order valence-corrected chi connectivity index (χ3v) is 4.44. The molecule has 0 aromatic carbocycles. The van der Waals surface area contributed by atoms with Gasteiger partial charge in [0.25, 0.3) is 0 Å². The first kappa shape index (κ1) is 22.3. The van der Waals surface area contributed by atoms with Crippen LogP contribution in [0.2, 0.25) is 0 Å². The van der Waals surface area contributed by atoms with Gasteiger partial charge in [-0.25, -0.2) is 0 Å². The topological polar surface area (TPSA) is 219 Å². The zero-order valence-electron chi connectivity index (χ0n) is 14.3. The number of aliphatic hydroxyl groups excluding tert-OH is 7. The van der Waals surface area contributed by atoms with E-state index in [0.29, 0.717) is 0 Å². The van der Waals surface area contributed by atoms with Crippen molar-refractivity contribution in [2.24, 2.45) is 0 Å². The van der Waals surface area contributed by atoms with Gasteiger partial charge < -0.3 is 60.4 Å². The summed E-state index contributed by atoms with van der Waals surface area (Å²) in [5.41, 5.74) is 0. The van der Waals surface area contributed by atoms with Gasteiger partial charge in [-0.15, -0.1) is 0 Å². The molecule has 13 heteroatoms. The minimum atomic E-state index is -2.23. The van der Waals surface area contributed by atoms with Crippen LogP contribution in [0.4, 0.5) is 0 Å². The highest BCUT2D eigenvalue weighted by Crippen LogP contribution is 2.29. The fourth-order valence-electron chi connectivity index (χ4n) is 3.01. The van der Waals surface area contributed by atoms with Crippen molar-refractivity contribution in [2.75, 3.05) is 6.61 Å². The van der Waals surface area contributed by atoms with E-state index in [9.17, 15) is 45.6 Å². The molecule has 2 fully saturated rings. The van der Waals surface area contributed by atoms with Crippen LogP contribution >= 0.6 is 0 Å². The summed E-state index contributed by atoms with van der Waals surface area (Å²) in [4.78, 5) is 11.2. The molecule has 13 nitrogen and oxygen atoms in total.